The molecule has 0 saturated carbocycles. The number of unbranched alkanes of at least 4 members (excludes halogenated alkanes) is 2. The average molecular weight is 565 g/mol. The highest BCUT2D eigenvalue weighted by molar-refractivity contribution is 7.89. The van der Waals surface area contributed by atoms with Gasteiger partial charge in [0.15, 0.2) is 5.13 Å². The minimum atomic E-state index is -3.65. The number of pyridine rings is 1. The van der Waals surface area contributed by atoms with Gasteiger partial charge < -0.3 is 0 Å². The van der Waals surface area contributed by atoms with Crippen molar-refractivity contribution in [3.8, 4) is 0 Å². The number of amides is 1. The van der Waals surface area contributed by atoms with Gasteiger partial charge in [-0.15, -0.1) is 0 Å². The Labute approximate surface area is 235 Å². The minimum Gasteiger partial charge on any atom is -0.278 e. The highest BCUT2D eigenvalue weighted by atomic mass is 32.2. The number of aromatic nitrogens is 2. The number of nitrogens with zero attached hydrogens (tertiary/aromatic N) is 4. The van der Waals surface area contributed by atoms with E-state index >= 15 is 0 Å². The number of hydrogen-bond donors (Lipinski definition) is 0. The predicted molar refractivity (Wildman–Crippen MR) is 159 cm³/mol. The van der Waals surface area contributed by atoms with Crippen molar-refractivity contribution in [2.24, 2.45) is 0 Å². The molecule has 0 N–H and O–H groups in total. The Morgan fingerprint density at radius 2 is 1.59 bits per heavy atom. The zero-order chi connectivity index (χ0) is 28.0. The third-order valence-corrected chi connectivity index (χ3v) is 9.73. The van der Waals surface area contributed by atoms with E-state index in [1.54, 1.807) is 27.5 Å². The first kappa shape index (κ1) is 28.9. The molecule has 0 atom stereocenters. The minimum absolute atomic E-state index is 0.202. The number of rotatable bonds is 12. The molecule has 0 aliphatic heterocycles. The second-order valence-electron chi connectivity index (χ2n) is 9.75. The average Bonchev–Trinajstić information content (AvgIpc) is 3.34. The lowest BCUT2D eigenvalue weighted by molar-refractivity contribution is 0.0984. The number of fused-ring (bicyclic) bond motifs is 1. The molecule has 4 rings (SSSR count). The van der Waals surface area contributed by atoms with Gasteiger partial charge in [-0.2, -0.15) is 4.31 Å². The maximum absolute atomic E-state index is 13.8. The standard InChI is InChI=1S/C30H36N4O3S2/c1-5-7-17-33(18-8-6-2)39(36,37)26-14-12-24(13-15-26)29(35)34(21-25-11-9-10-16-31-25)30-32-27-19-22(3)23(4)20-28(27)38-30/h9-16,19-20H,5-8,17-18,21H2,1-4H3. The maximum Gasteiger partial charge on any atom is 0.260 e. The maximum atomic E-state index is 13.8. The summed E-state index contributed by atoms with van der Waals surface area (Å²) in [5, 5.41) is 0.577. The fourth-order valence-corrected chi connectivity index (χ4v) is 6.82. The second kappa shape index (κ2) is 12.8. The van der Waals surface area contributed by atoms with Crippen molar-refractivity contribution in [1.29, 1.82) is 0 Å². The van der Waals surface area contributed by atoms with Gasteiger partial charge in [0.05, 0.1) is 27.4 Å². The summed E-state index contributed by atoms with van der Waals surface area (Å²) in [6.45, 7) is 9.45. The third kappa shape index (κ3) is 6.72. The van der Waals surface area contributed by atoms with Crippen molar-refractivity contribution in [2.45, 2.75) is 64.8 Å². The largest absolute Gasteiger partial charge is 0.278 e. The Bertz CT molecular complexity index is 1470. The van der Waals surface area contributed by atoms with Crippen LogP contribution in [0.1, 0.15) is 66.7 Å². The summed E-state index contributed by atoms with van der Waals surface area (Å²) in [6, 6.07) is 16.0. The lowest BCUT2D eigenvalue weighted by Gasteiger charge is -2.22. The summed E-state index contributed by atoms with van der Waals surface area (Å²) in [5.41, 5.74) is 4.29. The molecule has 0 unspecified atom stereocenters. The normalized spacial score (nSPS) is 11.8. The van der Waals surface area contributed by atoms with Crippen LogP contribution >= 0.6 is 11.3 Å². The molecule has 0 aliphatic carbocycles. The van der Waals surface area contributed by atoms with E-state index in [-0.39, 0.29) is 17.3 Å². The van der Waals surface area contributed by atoms with E-state index < -0.39 is 10.0 Å². The number of carbonyl (C=O) groups excluding carboxylic acids is 1. The number of sulfonamides is 1. The van der Waals surface area contributed by atoms with Crippen molar-refractivity contribution >= 4 is 42.6 Å². The van der Waals surface area contributed by atoms with Gasteiger partial charge in [0, 0.05) is 24.8 Å². The van der Waals surface area contributed by atoms with Crippen LogP contribution in [-0.2, 0) is 16.6 Å². The van der Waals surface area contributed by atoms with Gasteiger partial charge in [0.2, 0.25) is 10.0 Å². The van der Waals surface area contributed by atoms with Crippen LogP contribution in [0.15, 0.2) is 65.7 Å². The fraction of sp³-hybridized carbons (Fsp3) is 0.367. The number of thiazole rings is 1. The first-order valence-electron chi connectivity index (χ1n) is 13.4. The van der Waals surface area contributed by atoms with Crippen LogP contribution in [0, 0.1) is 13.8 Å². The van der Waals surface area contributed by atoms with E-state index in [0.29, 0.717) is 23.8 Å². The summed E-state index contributed by atoms with van der Waals surface area (Å²) in [4.78, 5) is 24.9. The molecule has 0 saturated heterocycles. The summed E-state index contributed by atoms with van der Waals surface area (Å²) in [7, 11) is -3.65. The Morgan fingerprint density at radius 1 is 0.923 bits per heavy atom. The van der Waals surface area contributed by atoms with Crippen molar-refractivity contribution in [1.82, 2.24) is 14.3 Å². The number of carbonyl (C=O) groups is 1. The predicted octanol–water partition coefficient (Wildman–Crippen LogP) is 6.75. The van der Waals surface area contributed by atoms with Crippen LogP contribution < -0.4 is 4.90 Å². The number of hydrogen-bond acceptors (Lipinski definition) is 6. The van der Waals surface area contributed by atoms with Crippen LogP contribution in [-0.4, -0.2) is 41.7 Å². The lowest BCUT2D eigenvalue weighted by atomic mass is 10.1. The first-order valence-corrected chi connectivity index (χ1v) is 15.7. The Hall–Kier alpha value is -3.14. The quantitative estimate of drug-likeness (QED) is 0.190. The molecule has 7 nitrogen and oxygen atoms in total. The van der Waals surface area contributed by atoms with Crippen LogP contribution in [0.3, 0.4) is 0 Å². The molecule has 1 amide bonds. The number of benzene rings is 2. The molecule has 9 heteroatoms. The SMILES string of the molecule is CCCCN(CCCC)S(=O)(=O)c1ccc(C(=O)N(Cc2ccccn2)c2nc3cc(C)c(C)cc3s2)cc1. The van der Waals surface area contributed by atoms with E-state index in [4.69, 9.17) is 4.98 Å². The van der Waals surface area contributed by atoms with Gasteiger partial charge in [0.25, 0.3) is 5.91 Å². The molecule has 2 aromatic carbocycles. The van der Waals surface area contributed by atoms with Crippen LogP contribution in [0.5, 0.6) is 0 Å². The number of aryl methyl sites for hydroxylation is 2. The van der Waals surface area contributed by atoms with Crippen LogP contribution in [0.4, 0.5) is 5.13 Å². The Kier molecular flexibility index (Phi) is 9.48. The molecule has 0 radical (unpaired) electrons. The fourth-order valence-electron chi connectivity index (χ4n) is 4.26. The number of anilines is 1. The Balaban J connectivity index is 1.66. The topological polar surface area (TPSA) is 83.5 Å². The molecule has 0 fully saturated rings. The molecule has 0 aliphatic rings. The molecule has 39 heavy (non-hydrogen) atoms. The zero-order valence-electron chi connectivity index (χ0n) is 23.1. The van der Waals surface area contributed by atoms with E-state index in [1.807, 2.05) is 31.2 Å². The molecule has 4 aromatic rings. The summed E-state index contributed by atoms with van der Waals surface area (Å²) >= 11 is 1.46. The highest BCUT2D eigenvalue weighted by Gasteiger charge is 2.26. The van der Waals surface area contributed by atoms with Crippen molar-refractivity contribution in [3.05, 3.63) is 83.2 Å². The monoisotopic (exact) mass is 564 g/mol. The molecule has 2 heterocycles. The van der Waals surface area contributed by atoms with Gasteiger partial charge in [-0.1, -0.05) is 44.1 Å². The van der Waals surface area contributed by atoms with Gasteiger partial charge in [-0.05, 0) is 86.3 Å². The van der Waals surface area contributed by atoms with Crippen LogP contribution in [0.2, 0.25) is 0 Å². The lowest BCUT2D eigenvalue weighted by Crippen LogP contribution is -2.33. The third-order valence-electron chi connectivity index (χ3n) is 6.78. The molecular formula is C30H36N4O3S2. The summed E-state index contributed by atoms with van der Waals surface area (Å²) < 4.78 is 29.4. The van der Waals surface area contributed by atoms with E-state index in [1.165, 1.54) is 29.0 Å². The van der Waals surface area contributed by atoms with Crippen LogP contribution in [0.25, 0.3) is 10.2 Å². The first-order chi connectivity index (χ1) is 18.7. The summed E-state index contributed by atoms with van der Waals surface area (Å²) in [5.74, 6) is -0.258. The molecule has 0 spiro atoms. The Morgan fingerprint density at radius 3 is 2.21 bits per heavy atom. The molecule has 206 valence electrons. The smallest absolute Gasteiger partial charge is 0.260 e. The van der Waals surface area contributed by atoms with Gasteiger partial charge in [-0.3, -0.25) is 14.7 Å². The van der Waals surface area contributed by atoms with Gasteiger partial charge in [0.1, 0.15) is 0 Å². The van der Waals surface area contributed by atoms with Crippen molar-refractivity contribution in [2.75, 3.05) is 18.0 Å². The van der Waals surface area contributed by atoms with Crippen molar-refractivity contribution < 1.29 is 13.2 Å². The second-order valence-corrected chi connectivity index (χ2v) is 12.7. The molecule has 2 aromatic heterocycles. The summed E-state index contributed by atoms with van der Waals surface area (Å²) in [6.07, 6.45) is 5.16. The molecule has 0 bridgehead atoms. The zero-order valence-corrected chi connectivity index (χ0v) is 24.7. The van der Waals surface area contributed by atoms with E-state index in [0.717, 1.165) is 47.2 Å². The van der Waals surface area contributed by atoms with Gasteiger partial charge in [-0.25, -0.2) is 13.4 Å². The highest BCUT2D eigenvalue weighted by Crippen LogP contribution is 2.32. The van der Waals surface area contributed by atoms with E-state index in [9.17, 15) is 13.2 Å². The van der Waals surface area contributed by atoms with Gasteiger partial charge >= 0.3 is 0 Å². The van der Waals surface area contributed by atoms with E-state index in [2.05, 4.69) is 31.8 Å². The van der Waals surface area contributed by atoms with Crippen molar-refractivity contribution in [3.63, 3.8) is 0 Å². The molecular weight excluding hydrogens is 528 g/mol.